The van der Waals surface area contributed by atoms with E-state index in [1.54, 1.807) is 0 Å². The van der Waals surface area contributed by atoms with Gasteiger partial charge in [-0.1, -0.05) is 70.4 Å². The number of hydrogen-bond acceptors (Lipinski definition) is 2. The van der Waals surface area contributed by atoms with Crippen LogP contribution in [0.4, 0.5) is 0 Å². The van der Waals surface area contributed by atoms with E-state index in [0.717, 1.165) is 37.2 Å². The summed E-state index contributed by atoms with van der Waals surface area (Å²) in [4.78, 5) is 11.9. The SMILES string of the molecule is C=CC(=O)C(C)C1CCC(c2ccc(C(O)C3CCC(CCC)CC3)cc2)CC1. The van der Waals surface area contributed by atoms with Crippen molar-refractivity contribution in [2.75, 3.05) is 0 Å². The van der Waals surface area contributed by atoms with Gasteiger partial charge >= 0.3 is 0 Å². The molecule has 2 aliphatic rings. The van der Waals surface area contributed by atoms with E-state index in [2.05, 4.69) is 44.7 Å². The lowest BCUT2D eigenvalue weighted by molar-refractivity contribution is -0.119. The molecule has 2 nitrogen and oxygen atoms in total. The molecule has 2 aliphatic carbocycles. The van der Waals surface area contributed by atoms with Gasteiger partial charge in [0, 0.05) is 5.92 Å². The third kappa shape index (κ3) is 5.60. The number of allylic oxidation sites excluding steroid dienone is 1. The third-order valence-corrected chi connectivity index (χ3v) is 7.91. The summed E-state index contributed by atoms with van der Waals surface area (Å²) in [5.74, 6) is 2.70. The lowest BCUT2D eigenvalue weighted by atomic mass is 9.73. The maximum absolute atomic E-state index is 11.9. The van der Waals surface area contributed by atoms with Gasteiger partial charge in [0.15, 0.2) is 5.78 Å². The van der Waals surface area contributed by atoms with Crippen LogP contribution in [-0.2, 0) is 4.79 Å². The van der Waals surface area contributed by atoms with Gasteiger partial charge < -0.3 is 5.11 Å². The summed E-state index contributed by atoms with van der Waals surface area (Å²) >= 11 is 0. The number of aliphatic hydroxyl groups excluding tert-OH is 1. The Morgan fingerprint density at radius 1 is 1.03 bits per heavy atom. The van der Waals surface area contributed by atoms with E-state index in [1.165, 1.54) is 50.2 Å². The lowest BCUT2D eigenvalue weighted by Crippen LogP contribution is -2.24. The molecule has 0 spiro atoms. The molecule has 2 fully saturated rings. The average molecular weight is 397 g/mol. The van der Waals surface area contributed by atoms with Crippen LogP contribution in [0.5, 0.6) is 0 Å². The third-order valence-electron chi connectivity index (χ3n) is 7.91. The Morgan fingerprint density at radius 3 is 2.17 bits per heavy atom. The summed E-state index contributed by atoms with van der Waals surface area (Å²) in [5.41, 5.74) is 2.49. The van der Waals surface area contributed by atoms with Crippen LogP contribution in [0.1, 0.15) is 101 Å². The topological polar surface area (TPSA) is 37.3 Å². The normalized spacial score (nSPS) is 29.8. The molecule has 1 aromatic rings. The molecule has 2 heteroatoms. The van der Waals surface area contributed by atoms with E-state index in [0.29, 0.717) is 17.8 Å². The Bertz CT molecular complexity index is 646. The highest BCUT2D eigenvalue weighted by molar-refractivity contribution is 5.91. The fraction of sp³-hybridized carbons (Fsp3) is 0.667. The molecule has 160 valence electrons. The zero-order valence-electron chi connectivity index (χ0n) is 18.5. The molecule has 2 saturated carbocycles. The van der Waals surface area contributed by atoms with Gasteiger partial charge in [-0.25, -0.2) is 0 Å². The summed E-state index contributed by atoms with van der Waals surface area (Å²) in [7, 11) is 0. The molecule has 2 atom stereocenters. The van der Waals surface area contributed by atoms with Gasteiger partial charge in [0.25, 0.3) is 0 Å². The van der Waals surface area contributed by atoms with Crippen LogP contribution in [0.25, 0.3) is 0 Å². The van der Waals surface area contributed by atoms with Gasteiger partial charge in [-0.2, -0.15) is 0 Å². The number of benzene rings is 1. The van der Waals surface area contributed by atoms with Crippen molar-refractivity contribution in [3.8, 4) is 0 Å². The minimum absolute atomic E-state index is 0.110. The summed E-state index contributed by atoms with van der Waals surface area (Å²) in [6, 6.07) is 8.80. The molecule has 2 unspecified atom stereocenters. The minimum atomic E-state index is -0.312. The Balaban J connectivity index is 1.52. The zero-order chi connectivity index (χ0) is 20.8. The highest BCUT2D eigenvalue weighted by Crippen LogP contribution is 2.41. The number of hydrogen-bond donors (Lipinski definition) is 1. The first-order valence-electron chi connectivity index (χ1n) is 12.0. The highest BCUT2D eigenvalue weighted by atomic mass is 16.3. The largest absolute Gasteiger partial charge is 0.388 e. The maximum atomic E-state index is 11.9. The van der Waals surface area contributed by atoms with Crippen molar-refractivity contribution in [3.63, 3.8) is 0 Å². The molecule has 3 rings (SSSR count). The second-order valence-electron chi connectivity index (χ2n) is 9.69. The summed E-state index contributed by atoms with van der Waals surface area (Å²) in [5, 5.41) is 10.9. The molecule has 1 N–H and O–H groups in total. The van der Waals surface area contributed by atoms with Gasteiger partial charge in [-0.15, -0.1) is 0 Å². The van der Waals surface area contributed by atoms with Gasteiger partial charge in [0.2, 0.25) is 0 Å². The molecule has 1 aromatic carbocycles. The van der Waals surface area contributed by atoms with Crippen molar-refractivity contribution in [1.82, 2.24) is 0 Å². The zero-order valence-corrected chi connectivity index (χ0v) is 18.5. The van der Waals surface area contributed by atoms with Crippen LogP contribution in [0.15, 0.2) is 36.9 Å². The van der Waals surface area contributed by atoms with Crippen LogP contribution < -0.4 is 0 Å². The summed E-state index contributed by atoms with van der Waals surface area (Å²) in [6.45, 7) is 7.97. The number of carbonyl (C=O) groups is 1. The van der Waals surface area contributed by atoms with Crippen molar-refractivity contribution in [1.29, 1.82) is 0 Å². The van der Waals surface area contributed by atoms with Crippen LogP contribution in [0, 0.1) is 23.7 Å². The number of rotatable bonds is 8. The second kappa shape index (κ2) is 10.6. The number of carbonyl (C=O) groups excluding carboxylic acids is 1. The molecular formula is C27H40O2. The van der Waals surface area contributed by atoms with Crippen molar-refractivity contribution in [2.24, 2.45) is 23.7 Å². The standard InChI is InChI=1S/C27H40O2/c1-4-6-20-7-9-24(10-8-20)27(29)25-17-15-23(16-18-25)22-13-11-21(12-14-22)19(3)26(28)5-2/h5,15-22,24,27,29H,2,4,6-14H2,1,3H3. The molecule has 0 aromatic heterocycles. The van der Waals surface area contributed by atoms with E-state index in [1.807, 2.05) is 0 Å². The van der Waals surface area contributed by atoms with Crippen molar-refractivity contribution in [3.05, 3.63) is 48.0 Å². The van der Waals surface area contributed by atoms with Gasteiger partial charge in [0.05, 0.1) is 6.10 Å². The van der Waals surface area contributed by atoms with E-state index in [4.69, 9.17) is 0 Å². The van der Waals surface area contributed by atoms with Crippen LogP contribution in [-0.4, -0.2) is 10.9 Å². The Hall–Kier alpha value is -1.41. The molecule has 29 heavy (non-hydrogen) atoms. The lowest BCUT2D eigenvalue weighted by Gasteiger charge is -2.32. The molecule has 0 bridgehead atoms. The van der Waals surface area contributed by atoms with Gasteiger partial charge in [-0.05, 0) is 79.4 Å². The van der Waals surface area contributed by atoms with E-state index < -0.39 is 0 Å². The Labute approximate surface area is 177 Å². The molecular weight excluding hydrogens is 356 g/mol. The van der Waals surface area contributed by atoms with E-state index >= 15 is 0 Å². The maximum Gasteiger partial charge on any atom is 0.158 e. The fourth-order valence-corrected chi connectivity index (χ4v) is 5.81. The smallest absolute Gasteiger partial charge is 0.158 e. The van der Waals surface area contributed by atoms with Crippen LogP contribution >= 0.6 is 0 Å². The van der Waals surface area contributed by atoms with E-state index in [-0.39, 0.29) is 17.8 Å². The average Bonchev–Trinajstić information content (AvgIpc) is 2.78. The number of ketones is 1. The summed E-state index contributed by atoms with van der Waals surface area (Å²) in [6.07, 6.45) is 13.3. The predicted molar refractivity (Wildman–Crippen MR) is 121 cm³/mol. The van der Waals surface area contributed by atoms with Gasteiger partial charge in [-0.3, -0.25) is 4.79 Å². The molecule has 0 saturated heterocycles. The van der Waals surface area contributed by atoms with Crippen molar-refractivity contribution in [2.45, 2.75) is 90.1 Å². The minimum Gasteiger partial charge on any atom is -0.388 e. The first kappa shape index (κ1) is 22.3. The monoisotopic (exact) mass is 396 g/mol. The predicted octanol–water partition coefficient (Wildman–Crippen LogP) is 6.99. The molecule has 0 radical (unpaired) electrons. The quantitative estimate of drug-likeness (QED) is 0.481. The molecule has 0 amide bonds. The first-order valence-corrected chi connectivity index (χ1v) is 12.0. The Kier molecular flexibility index (Phi) is 8.12. The van der Waals surface area contributed by atoms with Crippen LogP contribution in [0.3, 0.4) is 0 Å². The van der Waals surface area contributed by atoms with Crippen LogP contribution in [0.2, 0.25) is 0 Å². The fourth-order valence-electron chi connectivity index (χ4n) is 5.81. The highest BCUT2D eigenvalue weighted by Gasteiger charge is 2.29. The first-order chi connectivity index (χ1) is 14.0. The Morgan fingerprint density at radius 2 is 1.62 bits per heavy atom. The number of aliphatic hydroxyl groups is 1. The molecule has 0 aliphatic heterocycles. The van der Waals surface area contributed by atoms with Crippen molar-refractivity contribution < 1.29 is 9.90 Å². The van der Waals surface area contributed by atoms with Crippen molar-refractivity contribution >= 4 is 5.78 Å². The summed E-state index contributed by atoms with van der Waals surface area (Å²) < 4.78 is 0. The second-order valence-corrected chi connectivity index (χ2v) is 9.69. The van der Waals surface area contributed by atoms with Gasteiger partial charge in [0.1, 0.15) is 0 Å². The molecule has 0 heterocycles. The van der Waals surface area contributed by atoms with E-state index in [9.17, 15) is 9.90 Å².